The summed E-state index contributed by atoms with van der Waals surface area (Å²) in [4.78, 5) is 3.94. The Morgan fingerprint density at radius 2 is 1.24 bits per heavy atom. The van der Waals surface area contributed by atoms with Gasteiger partial charge in [0.05, 0.1) is 60.0 Å². The van der Waals surface area contributed by atoms with Gasteiger partial charge < -0.3 is 8.97 Å². The van der Waals surface area contributed by atoms with Gasteiger partial charge in [0.25, 0.3) is 0 Å². The van der Waals surface area contributed by atoms with Crippen LogP contribution in [0.4, 0.5) is 0 Å². The lowest BCUT2D eigenvalue weighted by atomic mass is 9.92. The highest BCUT2D eigenvalue weighted by atomic mass is 35.5. The van der Waals surface area contributed by atoms with E-state index in [2.05, 4.69) is 60.1 Å². The minimum Gasteiger partial charge on any atom is -0.328 e. The van der Waals surface area contributed by atoms with Crippen molar-refractivity contribution in [3.05, 3.63) is 25.3 Å². The van der Waals surface area contributed by atoms with E-state index < -0.39 is 5.60 Å². The highest BCUT2D eigenvalue weighted by molar-refractivity contribution is 5.85. The van der Waals surface area contributed by atoms with Gasteiger partial charge in [-0.2, -0.15) is 0 Å². The Kier molecular flexibility index (Phi) is 25.3. The number of rotatable bonds is 6. The fraction of sp³-hybridized carbons (Fsp3) is 0.826. The third-order valence-corrected chi connectivity index (χ3v) is 4.69. The van der Waals surface area contributed by atoms with Crippen LogP contribution >= 0.6 is 24.8 Å². The van der Waals surface area contributed by atoms with Crippen molar-refractivity contribution in [2.45, 2.75) is 60.5 Å². The molecule has 1 heterocycles. The Balaban J connectivity index is -0.0000000983. The van der Waals surface area contributed by atoms with Crippen molar-refractivity contribution in [2.75, 3.05) is 54.4 Å². The van der Waals surface area contributed by atoms with Crippen LogP contribution in [0.25, 0.3) is 0 Å². The normalized spacial score (nSPS) is 19.5. The molecule has 0 spiro atoms. The van der Waals surface area contributed by atoms with E-state index >= 15 is 0 Å². The zero-order chi connectivity index (χ0) is 21.0. The van der Waals surface area contributed by atoms with Crippen LogP contribution in [0, 0.1) is 11.8 Å². The Morgan fingerprint density at radius 1 is 0.966 bits per heavy atom. The summed E-state index contributed by atoms with van der Waals surface area (Å²) in [6, 6.07) is 0. The van der Waals surface area contributed by atoms with Crippen LogP contribution in [0.3, 0.4) is 0 Å². The Bertz CT molecular complexity index is 369. The third-order valence-electron chi connectivity index (χ3n) is 4.69. The molecule has 29 heavy (non-hydrogen) atoms. The fourth-order valence-corrected chi connectivity index (χ4v) is 3.34. The van der Waals surface area contributed by atoms with Crippen LogP contribution < -0.4 is 0 Å². The maximum Gasteiger partial charge on any atom is 0.0969 e. The standard InChI is InChI=1S/C10H22N.C8H16N.C4H10O2.CH4.2ClH/c1-5-9-7-11(3,4)8-10(9)6-2;1-5-7-9(3,4)8-6-2;1-4(2,3)6-5;;;/h9-10H,5-8H2,1-4H3;5-6H,1-2,7-8H2,3-4H3;5H,1-3H3;1H4;2*1H/q2*+1;;;;. The van der Waals surface area contributed by atoms with E-state index in [-0.39, 0.29) is 32.2 Å². The van der Waals surface area contributed by atoms with Crippen LogP contribution in [-0.4, -0.2) is 74.2 Å². The van der Waals surface area contributed by atoms with Gasteiger partial charge in [0, 0.05) is 11.8 Å². The van der Waals surface area contributed by atoms with Crippen molar-refractivity contribution in [1.82, 2.24) is 0 Å². The molecule has 6 heteroatoms. The molecule has 2 unspecified atom stereocenters. The average Bonchev–Trinajstić information content (AvgIpc) is 2.82. The summed E-state index contributed by atoms with van der Waals surface area (Å²) in [5.41, 5.74) is -0.403. The monoisotopic (exact) mass is 460 g/mol. The number of halogens is 2. The molecule has 2 atom stereocenters. The smallest absolute Gasteiger partial charge is 0.0969 e. The van der Waals surface area contributed by atoms with E-state index in [9.17, 15) is 0 Å². The first-order valence-corrected chi connectivity index (χ1v) is 9.95. The van der Waals surface area contributed by atoms with Gasteiger partial charge in [-0.05, 0) is 45.8 Å². The molecule has 0 aliphatic carbocycles. The largest absolute Gasteiger partial charge is 0.328 e. The van der Waals surface area contributed by atoms with Crippen molar-refractivity contribution in [3.63, 3.8) is 0 Å². The quantitative estimate of drug-likeness (QED) is 0.217. The lowest BCUT2D eigenvalue weighted by molar-refractivity contribution is -0.880. The van der Waals surface area contributed by atoms with Gasteiger partial charge in [-0.25, -0.2) is 4.89 Å². The Hall–Kier alpha value is -0.100. The second kappa shape index (κ2) is 18.7. The molecule has 0 aromatic heterocycles. The van der Waals surface area contributed by atoms with Crippen LogP contribution in [0.15, 0.2) is 25.3 Å². The first kappa shape index (κ1) is 39.4. The first-order valence-electron chi connectivity index (χ1n) is 9.95. The predicted molar refractivity (Wildman–Crippen MR) is 136 cm³/mol. The Morgan fingerprint density at radius 3 is 1.41 bits per heavy atom. The molecule has 1 aliphatic rings. The van der Waals surface area contributed by atoms with E-state index in [1.165, 1.54) is 30.4 Å². The molecule has 0 saturated carbocycles. The third kappa shape index (κ3) is 22.4. The highest BCUT2D eigenvalue weighted by Crippen LogP contribution is 2.30. The van der Waals surface area contributed by atoms with Gasteiger partial charge in [-0.3, -0.25) is 5.26 Å². The summed E-state index contributed by atoms with van der Waals surface area (Å²) in [5.74, 6) is 1.99. The average molecular weight is 462 g/mol. The summed E-state index contributed by atoms with van der Waals surface area (Å²) < 4.78 is 2.20. The number of likely N-dealkylation sites (tertiary alicyclic amines) is 1. The molecule has 1 N–H and O–H groups in total. The van der Waals surface area contributed by atoms with Gasteiger partial charge in [0.1, 0.15) is 0 Å². The molecular formula is C23H54Cl2N2O2+2. The minimum atomic E-state index is -0.403. The molecule has 1 aliphatic heterocycles. The number of nitrogens with zero attached hydrogens (tertiary/aromatic N) is 2. The minimum absolute atomic E-state index is 0. The zero-order valence-electron chi connectivity index (χ0n) is 20.0. The number of hydrogen-bond donors (Lipinski definition) is 1. The molecular weight excluding hydrogens is 407 g/mol. The molecule has 1 fully saturated rings. The fourth-order valence-electron chi connectivity index (χ4n) is 3.34. The SMILES string of the molecule is C.C=CC[N+](C)(C)CC=C.CC(C)(C)OO.CCC1C[N+](C)(C)CC1CC.Cl.Cl. The van der Waals surface area contributed by atoms with Crippen LogP contribution in [0.2, 0.25) is 0 Å². The summed E-state index contributed by atoms with van der Waals surface area (Å²) in [6.07, 6.45) is 6.62. The van der Waals surface area contributed by atoms with Crippen molar-refractivity contribution in [1.29, 1.82) is 0 Å². The first-order chi connectivity index (χ1) is 11.8. The van der Waals surface area contributed by atoms with E-state index in [1.54, 1.807) is 20.8 Å². The highest BCUT2D eigenvalue weighted by Gasteiger charge is 2.37. The van der Waals surface area contributed by atoms with E-state index in [1.807, 2.05) is 12.2 Å². The lowest BCUT2D eigenvalue weighted by Crippen LogP contribution is -2.39. The van der Waals surface area contributed by atoms with Gasteiger partial charge in [-0.1, -0.05) is 34.4 Å². The maximum atomic E-state index is 7.90. The molecule has 1 rings (SSSR count). The van der Waals surface area contributed by atoms with E-state index in [4.69, 9.17) is 5.26 Å². The van der Waals surface area contributed by atoms with Gasteiger partial charge in [-0.15, -0.1) is 24.8 Å². The molecule has 0 radical (unpaired) electrons. The lowest BCUT2D eigenvalue weighted by Gasteiger charge is -2.26. The van der Waals surface area contributed by atoms with Gasteiger partial charge in [0.15, 0.2) is 0 Å². The summed E-state index contributed by atoms with van der Waals surface area (Å²) in [5, 5.41) is 7.90. The number of quaternary nitrogens is 2. The molecule has 0 amide bonds. The van der Waals surface area contributed by atoms with Crippen LogP contribution in [-0.2, 0) is 4.89 Å². The number of hydrogen-bond acceptors (Lipinski definition) is 2. The molecule has 1 saturated heterocycles. The maximum absolute atomic E-state index is 7.90. The van der Waals surface area contributed by atoms with Gasteiger partial charge >= 0.3 is 0 Å². The van der Waals surface area contributed by atoms with E-state index in [0.717, 1.165) is 29.4 Å². The molecule has 0 aromatic rings. The summed E-state index contributed by atoms with van der Waals surface area (Å²) >= 11 is 0. The summed E-state index contributed by atoms with van der Waals surface area (Å²) in [7, 11) is 9.03. The molecule has 0 aromatic carbocycles. The van der Waals surface area contributed by atoms with Crippen molar-refractivity contribution in [3.8, 4) is 0 Å². The Labute approximate surface area is 195 Å². The number of likely N-dealkylation sites (N-methyl/N-ethyl adjacent to an activating group) is 1. The van der Waals surface area contributed by atoms with Crippen LogP contribution in [0.5, 0.6) is 0 Å². The van der Waals surface area contributed by atoms with Crippen molar-refractivity contribution < 1.29 is 19.1 Å². The van der Waals surface area contributed by atoms with Crippen LogP contribution in [0.1, 0.15) is 54.9 Å². The van der Waals surface area contributed by atoms with Gasteiger partial charge in [0.2, 0.25) is 0 Å². The second-order valence-electron chi connectivity index (χ2n) is 9.72. The zero-order valence-corrected chi connectivity index (χ0v) is 21.7. The summed E-state index contributed by atoms with van der Waals surface area (Å²) in [6.45, 7) is 22.1. The molecule has 4 nitrogen and oxygen atoms in total. The molecule has 180 valence electrons. The second-order valence-corrected chi connectivity index (χ2v) is 9.72. The topological polar surface area (TPSA) is 29.5 Å². The van der Waals surface area contributed by atoms with Crippen molar-refractivity contribution >= 4 is 24.8 Å². The molecule has 0 bridgehead atoms. The van der Waals surface area contributed by atoms with Crippen molar-refractivity contribution in [2.24, 2.45) is 11.8 Å². The van der Waals surface area contributed by atoms with E-state index in [0.29, 0.717) is 0 Å². The predicted octanol–water partition coefficient (Wildman–Crippen LogP) is 6.32.